The molecule has 2 aromatic carbocycles. The molecule has 108 valence electrons. The molecule has 4 nitrogen and oxygen atoms in total. The van der Waals surface area contributed by atoms with E-state index in [0.29, 0.717) is 16.3 Å². The summed E-state index contributed by atoms with van der Waals surface area (Å²) in [6.45, 7) is 0. The molecule has 0 amide bonds. The van der Waals surface area contributed by atoms with E-state index < -0.39 is 0 Å². The molecule has 6 heteroatoms. The van der Waals surface area contributed by atoms with Crippen molar-refractivity contribution in [2.24, 2.45) is 0 Å². The van der Waals surface area contributed by atoms with Crippen molar-refractivity contribution < 1.29 is 9.47 Å². The zero-order valence-electron chi connectivity index (χ0n) is 11.5. The van der Waals surface area contributed by atoms with Gasteiger partial charge in [-0.3, -0.25) is 4.57 Å². The Labute approximate surface area is 135 Å². The Morgan fingerprint density at radius 1 is 1.05 bits per heavy atom. The van der Waals surface area contributed by atoms with E-state index in [1.165, 1.54) is 0 Å². The summed E-state index contributed by atoms with van der Waals surface area (Å²) in [5.41, 5.74) is 2.84. The molecule has 0 aliphatic rings. The van der Waals surface area contributed by atoms with Gasteiger partial charge in [0.2, 0.25) is 0 Å². The van der Waals surface area contributed by atoms with Crippen LogP contribution in [0.5, 0.6) is 11.5 Å². The number of aromatic amines is 1. The molecule has 0 spiro atoms. The second-order valence-corrected chi connectivity index (χ2v) is 5.77. The summed E-state index contributed by atoms with van der Waals surface area (Å²) in [7, 11) is 3.24. The zero-order valence-corrected chi connectivity index (χ0v) is 13.9. The number of nitrogens with one attached hydrogen (secondary N) is 1. The van der Waals surface area contributed by atoms with Gasteiger partial charge in [0.05, 0.1) is 25.3 Å². The van der Waals surface area contributed by atoms with Crippen molar-refractivity contribution in [3.63, 3.8) is 0 Å². The number of rotatable bonds is 3. The van der Waals surface area contributed by atoms with Gasteiger partial charge in [0, 0.05) is 22.3 Å². The molecular weight excluding hydrogens is 352 g/mol. The summed E-state index contributed by atoms with van der Waals surface area (Å²) >= 11 is 8.88. The molecule has 21 heavy (non-hydrogen) atoms. The number of hydrogen-bond acceptors (Lipinski definition) is 3. The van der Waals surface area contributed by atoms with E-state index in [-0.39, 0.29) is 0 Å². The lowest BCUT2D eigenvalue weighted by molar-refractivity contribution is 0.355. The predicted molar refractivity (Wildman–Crippen MR) is 89.3 cm³/mol. The van der Waals surface area contributed by atoms with Crippen LogP contribution in [0.4, 0.5) is 0 Å². The molecule has 0 atom stereocenters. The lowest BCUT2D eigenvalue weighted by Crippen LogP contribution is -1.95. The number of fused-ring (bicyclic) bond motifs is 1. The van der Waals surface area contributed by atoms with E-state index in [2.05, 4.69) is 20.9 Å². The highest BCUT2D eigenvalue weighted by atomic mass is 79.9. The number of benzene rings is 2. The van der Waals surface area contributed by atoms with Crippen molar-refractivity contribution in [2.45, 2.75) is 0 Å². The predicted octanol–water partition coefficient (Wildman–Crippen LogP) is 4.47. The maximum atomic E-state index is 5.44. The molecule has 3 aromatic rings. The van der Waals surface area contributed by atoms with Crippen LogP contribution in [-0.2, 0) is 0 Å². The highest BCUT2D eigenvalue weighted by Crippen LogP contribution is 2.33. The lowest BCUT2D eigenvalue weighted by Gasteiger charge is -2.09. The number of H-pyrrole nitrogens is 1. The van der Waals surface area contributed by atoms with Gasteiger partial charge in [-0.2, -0.15) is 0 Å². The topological polar surface area (TPSA) is 39.2 Å². The average Bonchev–Trinajstić information content (AvgIpc) is 2.81. The van der Waals surface area contributed by atoms with Crippen molar-refractivity contribution in [1.29, 1.82) is 0 Å². The molecular formula is C15H13BrN2O2S. The van der Waals surface area contributed by atoms with E-state index in [4.69, 9.17) is 21.7 Å². The van der Waals surface area contributed by atoms with E-state index >= 15 is 0 Å². The molecule has 0 saturated carbocycles. The highest BCUT2D eigenvalue weighted by Gasteiger charge is 2.12. The van der Waals surface area contributed by atoms with Crippen molar-refractivity contribution in [1.82, 2.24) is 9.55 Å². The molecule has 0 bridgehead atoms. The first-order valence-corrected chi connectivity index (χ1v) is 7.47. The Morgan fingerprint density at radius 2 is 1.67 bits per heavy atom. The minimum Gasteiger partial charge on any atom is -0.493 e. The van der Waals surface area contributed by atoms with Gasteiger partial charge in [-0.05, 0) is 36.5 Å². The number of nitrogens with zero attached hydrogens (tertiary/aromatic N) is 1. The SMILES string of the molecule is COc1cc2[nH]c(=S)n(-c3ccc(Br)cc3)c2cc1OC. The normalized spacial score (nSPS) is 10.8. The zero-order chi connectivity index (χ0) is 15.0. The van der Waals surface area contributed by atoms with Crippen LogP contribution in [0.1, 0.15) is 0 Å². The second kappa shape index (κ2) is 5.54. The number of imidazole rings is 1. The Kier molecular flexibility index (Phi) is 3.73. The summed E-state index contributed by atoms with van der Waals surface area (Å²) in [5, 5.41) is 0. The maximum absolute atomic E-state index is 5.44. The third kappa shape index (κ3) is 2.45. The summed E-state index contributed by atoms with van der Waals surface area (Å²) in [5.74, 6) is 1.34. The number of hydrogen-bond donors (Lipinski definition) is 1. The van der Waals surface area contributed by atoms with Crippen molar-refractivity contribution in [2.75, 3.05) is 14.2 Å². The standard InChI is InChI=1S/C15H13BrN2O2S/c1-19-13-7-11-12(8-14(13)20-2)18(15(21)17-11)10-5-3-9(16)4-6-10/h3-8H,1-2H3,(H,17,21). The van der Waals surface area contributed by atoms with Crippen molar-refractivity contribution >= 4 is 39.2 Å². The van der Waals surface area contributed by atoms with Gasteiger partial charge in [0.25, 0.3) is 0 Å². The first-order valence-electron chi connectivity index (χ1n) is 6.26. The summed E-state index contributed by atoms with van der Waals surface area (Å²) in [4.78, 5) is 3.20. The fraction of sp³-hybridized carbons (Fsp3) is 0.133. The number of halogens is 1. The van der Waals surface area contributed by atoms with Crippen LogP contribution in [0.3, 0.4) is 0 Å². The van der Waals surface area contributed by atoms with Gasteiger partial charge in [-0.1, -0.05) is 15.9 Å². The average molecular weight is 365 g/mol. The van der Waals surface area contributed by atoms with E-state index in [0.717, 1.165) is 21.2 Å². The van der Waals surface area contributed by atoms with Crippen molar-refractivity contribution in [3.05, 3.63) is 45.6 Å². The fourth-order valence-corrected chi connectivity index (χ4v) is 2.86. The Bertz CT molecular complexity index is 852. The van der Waals surface area contributed by atoms with Crippen LogP contribution >= 0.6 is 28.1 Å². The van der Waals surface area contributed by atoms with E-state index in [1.54, 1.807) is 14.2 Å². The minimum absolute atomic E-state index is 0.627. The molecule has 0 aliphatic carbocycles. The van der Waals surface area contributed by atoms with Crippen LogP contribution in [0.2, 0.25) is 0 Å². The molecule has 0 radical (unpaired) electrons. The largest absolute Gasteiger partial charge is 0.493 e. The van der Waals surface area contributed by atoms with Gasteiger partial charge in [-0.25, -0.2) is 0 Å². The Morgan fingerprint density at radius 3 is 2.29 bits per heavy atom. The highest BCUT2D eigenvalue weighted by molar-refractivity contribution is 9.10. The molecule has 0 unspecified atom stereocenters. The van der Waals surface area contributed by atoms with Crippen LogP contribution < -0.4 is 9.47 Å². The third-order valence-electron chi connectivity index (χ3n) is 3.27. The van der Waals surface area contributed by atoms with Gasteiger partial charge in [-0.15, -0.1) is 0 Å². The second-order valence-electron chi connectivity index (χ2n) is 4.47. The molecule has 0 saturated heterocycles. The quantitative estimate of drug-likeness (QED) is 0.697. The van der Waals surface area contributed by atoms with Crippen LogP contribution in [-0.4, -0.2) is 23.8 Å². The summed E-state index contributed by atoms with van der Waals surface area (Å²) < 4.78 is 14.3. The lowest BCUT2D eigenvalue weighted by atomic mass is 10.2. The van der Waals surface area contributed by atoms with E-state index in [1.807, 2.05) is 41.0 Å². The van der Waals surface area contributed by atoms with Crippen LogP contribution in [0.25, 0.3) is 16.7 Å². The first kappa shape index (κ1) is 14.2. The smallest absolute Gasteiger partial charge is 0.182 e. The molecule has 1 heterocycles. The molecule has 1 N–H and O–H groups in total. The summed E-state index contributed by atoms with van der Waals surface area (Å²) in [6, 6.07) is 11.8. The van der Waals surface area contributed by atoms with Gasteiger partial charge in [0.15, 0.2) is 16.3 Å². The van der Waals surface area contributed by atoms with Crippen LogP contribution in [0.15, 0.2) is 40.9 Å². The fourth-order valence-electron chi connectivity index (χ4n) is 2.28. The van der Waals surface area contributed by atoms with E-state index in [9.17, 15) is 0 Å². The van der Waals surface area contributed by atoms with Gasteiger partial charge >= 0.3 is 0 Å². The third-order valence-corrected chi connectivity index (χ3v) is 4.09. The summed E-state index contributed by atoms with van der Waals surface area (Å²) in [6.07, 6.45) is 0. The Balaban J connectivity index is 2.30. The Hall–Kier alpha value is -1.79. The first-order chi connectivity index (χ1) is 10.1. The van der Waals surface area contributed by atoms with Gasteiger partial charge < -0.3 is 14.5 Å². The number of methoxy groups -OCH3 is 2. The maximum Gasteiger partial charge on any atom is 0.182 e. The number of ether oxygens (including phenoxy) is 2. The number of aromatic nitrogens is 2. The van der Waals surface area contributed by atoms with Crippen LogP contribution in [0, 0.1) is 4.77 Å². The van der Waals surface area contributed by atoms with Gasteiger partial charge in [0.1, 0.15) is 0 Å². The molecule has 3 rings (SSSR count). The monoisotopic (exact) mass is 364 g/mol. The molecule has 0 fully saturated rings. The molecule has 1 aromatic heterocycles. The van der Waals surface area contributed by atoms with Crippen molar-refractivity contribution in [3.8, 4) is 17.2 Å². The molecule has 0 aliphatic heterocycles. The minimum atomic E-state index is 0.627.